The van der Waals surface area contributed by atoms with Gasteiger partial charge in [0.1, 0.15) is 10.7 Å². The number of aromatic nitrogens is 2. The molecule has 0 fully saturated rings. The van der Waals surface area contributed by atoms with E-state index in [0.717, 1.165) is 22.4 Å². The summed E-state index contributed by atoms with van der Waals surface area (Å²) in [7, 11) is 0. The molecule has 0 aliphatic heterocycles. The zero-order valence-electron chi connectivity index (χ0n) is 9.43. The summed E-state index contributed by atoms with van der Waals surface area (Å²) in [4.78, 5) is 16.3. The predicted molar refractivity (Wildman–Crippen MR) is 77.8 cm³/mol. The number of imidazole rings is 1. The van der Waals surface area contributed by atoms with Crippen molar-refractivity contribution in [2.75, 3.05) is 5.43 Å². The van der Waals surface area contributed by atoms with Crippen LogP contribution in [0.15, 0.2) is 36.7 Å². The summed E-state index contributed by atoms with van der Waals surface area (Å²) in [6.45, 7) is 0. The number of hydrogen-bond donors (Lipinski definition) is 1. The van der Waals surface area contributed by atoms with Crippen LogP contribution in [0.4, 0.5) is 0 Å². The van der Waals surface area contributed by atoms with Crippen molar-refractivity contribution >= 4 is 51.5 Å². The lowest BCUT2D eigenvalue weighted by Gasteiger charge is -2.05. The largest absolute Gasteiger partial charge is 0.272 e. The highest BCUT2D eigenvalue weighted by Crippen LogP contribution is 2.31. The third kappa shape index (κ3) is 2.32. The maximum absolute atomic E-state index is 12.1. The van der Waals surface area contributed by atoms with Crippen molar-refractivity contribution in [3.63, 3.8) is 0 Å². The molecule has 0 spiro atoms. The Morgan fingerprint density at radius 1 is 1.32 bits per heavy atom. The van der Waals surface area contributed by atoms with Gasteiger partial charge in [-0.15, -0.1) is 11.3 Å². The Morgan fingerprint density at radius 2 is 2.11 bits per heavy atom. The molecule has 0 saturated heterocycles. The number of nitrogens with zero attached hydrogens (tertiary/aromatic N) is 2. The molecule has 19 heavy (non-hydrogen) atoms. The number of nitrogens with one attached hydrogen (secondary N) is 1. The van der Waals surface area contributed by atoms with Crippen LogP contribution in [-0.2, 0) is 0 Å². The first-order chi connectivity index (χ1) is 9.15. The molecule has 0 aliphatic carbocycles. The Bertz CT molecular complexity index is 765. The van der Waals surface area contributed by atoms with Gasteiger partial charge >= 0.3 is 0 Å². The fraction of sp³-hybridized carbons (Fsp3) is 0. The van der Waals surface area contributed by atoms with Gasteiger partial charge < -0.3 is 0 Å². The van der Waals surface area contributed by atoms with Crippen molar-refractivity contribution in [1.82, 2.24) is 9.66 Å². The quantitative estimate of drug-likeness (QED) is 0.782. The van der Waals surface area contributed by atoms with Crippen molar-refractivity contribution in [1.29, 1.82) is 0 Å². The second-order valence-corrected chi connectivity index (χ2v) is 6.07. The minimum absolute atomic E-state index is 0.323. The molecule has 1 amide bonds. The average molecular weight is 312 g/mol. The van der Waals surface area contributed by atoms with E-state index in [-0.39, 0.29) is 5.91 Å². The highest BCUT2D eigenvalue weighted by Gasteiger charge is 2.15. The van der Waals surface area contributed by atoms with E-state index in [4.69, 9.17) is 23.2 Å². The van der Waals surface area contributed by atoms with E-state index in [0.29, 0.717) is 14.2 Å². The summed E-state index contributed by atoms with van der Waals surface area (Å²) in [5.41, 5.74) is 4.69. The molecular formula is C12H7Cl2N3OS. The first kappa shape index (κ1) is 12.5. The molecular weight excluding hydrogens is 305 g/mol. The zero-order chi connectivity index (χ0) is 13.4. The van der Waals surface area contributed by atoms with Gasteiger partial charge in [-0.2, -0.15) is 0 Å². The van der Waals surface area contributed by atoms with Crippen LogP contribution in [-0.4, -0.2) is 15.6 Å². The van der Waals surface area contributed by atoms with Gasteiger partial charge in [0.2, 0.25) is 0 Å². The summed E-state index contributed by atoms with van der Waals surface area (Å²) in [6, 6.07) is 9.04. The average Bonchev–Trinajstić information content (AvgIpc) is 2.94. The van der Waals surface area contributed by atoms with Crippen molar-refractivity contribution in [3.05, 3.63) is 50.9 Å². The molecule has 0 bridgehead atoms. The van der Waals surface area contributed by atoms with Crippen LogP contribution in [0, 0.1) is 0 Å². The van der Waals surface area contributed by atoms with E-state index in [1.807, 2.05) is 24.3 Å². The first-order valence-corrected chi connectivity index (χ1v) is 6.90. The van der Waals surface area contributed by atoms with Gasteiger partial charge in [0.05, 0.1) is 20.9 Å². The number of thiophene rings is 1. The maximum Gasteiger partial charge on any atom is 0.272 e. The molecule has 3 rings (SSSR count). The van der Waals surface area contributed by atoms with Crippen LogP contribution >= 0.6 is 34.5 Å². The van der Waals surface area contributed by atoms with Crippen LogP contribution in [0.25, 0.3) is 11.0 Å². The number of para-hydroxylation sites is 2. The Hall–Kier alpha value is -1.56. The summed E-state index contributed by atoms with van der Waals surface area (Å²) in [5, 5.41) is 0. The van der Waals surface area contributed by atoms with E-state index in [9.17, 15) is 4.79 Å². The number of hydrogen-bond acceptors (Lipinski definition) is 3. The minimum atomic E-state index is -0.323. The molecule has 0 atom stereocenters. The summed E-state index contributed by atoms with van der Waals surface area (Å²) >= 11 is 12.9. The normalized spacial score (nSPS) is 10.8. The standard InChI is InChI=1S/C12H7Cl2N3OS/c13-10-5-7(11(14)19-10)12(18)16-17-6-15-8-3-1-2-4-9(8)17/h1-6H,(H,16,18). The van der Waals surface area contributed by atoms with Gasteiger partial charge in [0.25, 0.3) is 5.91 Å². The Kier molecular flexibility index (Phi) is 3.18. The zero-order valence-corrected chi connectivity index (χ0v) is 11.8. The molecule has 7 heteroatoms. The van der Waals surface area contributed by atoms with Gasteiger partial charge in [0, 0.05) is 0 Å². The lowest BCUT2D eigenvalue weighted by atomic mass is 10.3. The third-order valence-corrected chi connectivity index (χ3v) is 4.06. The number of amides is 1. The molecule has 0 radical (unpaired) electrons. The molecule has 0 unspecified atom stereocenters. The van der Waals surface area contributed by atoms with Crippen molar-refractivity contribution in [2.24, 2.45) is 0 Å². The maximum atomic E-state index is 12.1. The van der Waals surface area contributed by atoms with Gasteiger partial charge in [-0.05, 0) is 18.2 Å². The molecule has 0 aliphatic rings. The number of halogens is 2. The van der Waals surface area contributed by atoms with E-state index in [1.54, 1.807) is 17.1 Å². The van der Waals surface area contributed by atoms with E-state index < -0.39 is 0 Å². The topological polar surface area (TPSA) is 46.9 Å². The van der Waals surface area contributed by atoms with Crippen molar-refractivity contribution in [3.8, 4) is 0 Å². The lowest BCUT2D eigenvalue weighted by molar-refractivity contribution is 0.101. The molecule has 2 aromatic heterocycles. The second kappa shape index (κ2) is 4.85. The Morgan fingerprint density at radius 3 is 2.84 bits per heavy atom. The smallest absolute Gasteiger partial charge is 0.267 e. The van der Waals surface area contributed by atoms with Crippen LogP contribution in [0.2, 0.25) is 8.67 Å². The SMILES string of the molecule is O=C(Nn1cnc2ccccc21)c1cc(Cl)sc1Cl. The van der Waals surface area contributed by atoms with E-state index >= 15 is 0 Å². The lowest BCUT2D eigenvalue weighted by Crippen LogP contribution is -2.21. The van der Waals surface area contributed by atoms with Gasteiger partial charge in [-0.1, -0.05) is 35.3 Å². The monoisotopic (exact) mass is 311 g/mol. The Labute approximate surface area is 122 Å². The fourth-order valence-electron chi connectivity index (χ4n) is 1.71. The first-order valence-electron chi connectivity index (χ1n) is 5.33. The number of rotatable bonds is 2. The summed E-state index contributed by atoms with van der Waals surface area (Å²) in [6.07, 6.45) is 1.55. The van der Waals surface area contributed by atoms with Crippen LogP contribution < -0.4 is 5.43 Å². The predicted octanol–water partition coefficient (Wildman–Crippen LogP) is 3.79. The van der Waals surface area contributed by atoms with E-state index in [1.165, 1.54) is 0 Å². The van der Waals surface area contributed by atoms with Crippen LogP contribution in [0.1, 0.15) is 10.4 Å². The number of carbonyl (C=O) groups excluding carboxylic acids is 1. The number of fused-ring (bicyclic) bond motifs is 1. The van der Waals surface area contributed by atoms with Crippen LogP contribution in [0.3, 0.4) is 0 Å². The number of carbonyl (C=O) groups is 1. The second-order valence-electron chi connectivity index (χ2n) is 3.78. The van der Waals surface area contributed by atoms with E-state index in [2.05, 4.69) is 10.4 Å². The van der Waals surface area contributed by atoms with Crippen molar-refractivity contribution < 1.29 is 4.79 Å². The highest BCUT2D eigenvalue weighted by atomic mass is 35.5. The van der Waals surface area contributed by atoms with Gasteiger partial charge in [-0.25, -0.2) is 9.66 Å². The minimum Gasteiger partial charge on any atom is -0.267 e. The molecule has 3 aromatic rings. The number of benzene rings is 1. The Balaban J connectivity index is 1.93. The molecule has 96 valence electrons. The van der Waals surface area contributed by atoms with Gasteiger partial charge in [-0.3, -0.25) is 10.2 Å². The summed E-state index contributed by atoms with van der Waals surface area (Å²) in [5.74, 6) is -0.323. The molecule has 1 aromatic carbocycles. The molecule has 4 nitrogen and oxygen atoms in total. The van der Waals surface area contributed by atoms with Crippen LogP contribution in [0.5, 0.6) is 0 Å². The van der Waals surface area contributed by atoms with Crippen molar-refractivity contribution in [2.45, 2.75) is 0 Å². The summed E-state index contributed by atoms with van der Waals surface area (Å²) < 4.78 is 2.40. The fourth-order valence-corrected chi connectivity index (χ4v) is 3.17. The molecule has 0 saturated carbocycles. The molecule has 2 heterocycles. The van der Waals surface area contributed by atoms with Gasteiger partial charge in [0.15, 0.2) is 0 Å². The third-order valence-electron chi connectivity index (χ3n) is 2.58. The highest BCUT2D eigenvalue weighted by molar-refractivity contribution is 7.20. The molecule has 1 N–H and O–H groups in total.